The van der Waals surface area contributed by atoms with Crippen molar-refractivity contribution in [3.8, 4) is 0 Å². The van der Waals surface area contributed by atoms with E-state index in [2.05, 4.69) is 25.8 Å². The number of alkyl halides is 2. The van der Waals surface area contributed by atoms with Gasteiger partial charge in [0.25, 0.3) is 12.3 Å². The second kappa shape index (κ2) is 8.67. The number of fused-ring (bicyclic) bond motifs is 1. The molecule has 8 nitrogen and oxygen atoms in total. The van der Waals surface area contributed by atoms with Crippen molar-refractivity contribution in [3.05, 3.63) is 51.0 Å². The molecule has 0 saturated carbocycles. The Morgan fingerprint density at radius 3 is 2.75 bits per heavy atom. The van der Waals surface area contributed by atoms with Crippen LogP contribution in [0.15, 0.2) is 18.2 Å². The topological polar surface area (TPSA) is 89.7 Å². The number of aryl methyl sites for hydroxylation is 1. The van der Waals surface area contributed by atoms with Crippen LogP contribution < -0.4 is 10.6 Å². The quantitative estimate of drug-likeness (QED) is 0.548. The van der Waals surface area contributed by atoms with Gasteiger partial charge >= 0.3 is 0 Å². The minimum absolute atomic E-state index is 0.153. The summed E-state index contributed by atoms with van der Waals surface area (Å²) in [5.74, 6) is -0.648. The maximum Gasteiger partial charge on any atom is 0.295 e. The van der Waals surface area contributed by atoms with Gasteiger partial charge in [0.15, 0.2) is 0 Å². The van der Waals surface area contributed by atoms with Crippen LogP contribution in [0, 0.1) is 13.8 Å². The lowest BCUT2D eigenvalue weighted by atomic mass is 10.1. The van der Waals surface area contributed by atoms with Gasteiger partial charge in [-0.25, -0.2) is 13.5 Å². The highest BCUT2D eigenvalue weighted by molar-refractivity contribution is 6.35. The van der Waals surface area contributed by atoms with Crippen molar-refractivity contribution in [1.82, 2.24) is 24.5 Å². The number of hydrogen-bond acceptors (Lipinski definition) is 5. The monoisotopic (exact) mass is 483 g/mol. The van der Waals surface area contributed by atoms with Gasteiger partial charge in [0.1, 0.15) is 6.04 Å². The first kappa shape index (κ1) is 22.5. The summed E-state index contributed by atoms with van der Waals surface area (Å²) in [6, 6.07) is 3.87. The fraction of sp³-hybridized carbons (Fsp3) is 0.400. The Morgan fingerprint density at radius 1 is 1.31 bits per heavy atom. The highest BCUT2D eigenvalue weighted by Gasteiger charge is 2.34. The van der Waals surface area contributed by atoms with E-state index in [1.807, 2.05) is 6.07 Å². The molecule has 0 spiro atoms. The van der Waals surface area contributed by atoms with Crippen molar-refractivity contribution >= 4 is 40.7 Å². The Hall–Kier alpha value is -2.72. The molecule has 0 bridgehead atoms. The Morgan fingerprint density at radius 2 is 2.06 bits per heavy atom. The lowest BCUT2D eigenvalue weighted by Crippen LogP contribution is -2.33. The van der Waals surface area contributed by atoms with Crippen molar-refractivity contribution in [3.63, 3.8) is 0 Å². The highest BCUT2D eigenvalue weighted by atomic mass is 35.5. The van der Waals surface area contributed by atoms with Crippen LogP contribution in [0.5, 0.6) is 0 Å². The van der Waals surface area contributed by atoms with Gasteiger partial charge in [0, 0.05) is 16.1 Å². The number of hydrogen-bond donors (Lipinski definition) is 2. The van der Waals surface area contributed by atoms with Crippen LogP contribution in [0.2, 0.25) is 10.0 Å². The van der Waals surface area contributed by atoms with Crippen LogP contribution in [-0.2, 0) is 6.54 Å². The molecular formula is C20H21Cl2F2N7O. The molecule has 1 aromatic carbocycles. The van der Waals surface area contributed by atoms with Crippen LogP contribution in [-0.4, -0.2) is 42.9 Å². The van der Waals surface area contributed by atoms with E-state index in [0.29, 0.717) is 33.7 Å². The number of anilines is 2. The molecule has 0 fully saturated rings. The molecule has 2 N–H and O–H groups in total. The molecule has 1 aliphatic rings. The molecule has 0 saturated heterocycles. The van der Waals surface area contributed by atoms with Crippen LogP contribution in [0.4, 0.5) is 20.4 Å². The maximum absolute atomic E-state index is 13.4. The molecule has 1 aliphatic heterocycles. The maximum atomic E-state index is 13.4. The number of rotatable bonds is 5. The van der Waals surface area contributed by atoms with Gasteiger partial charge in [-0.1, -0.05) is 29.3 Å². The second-order valence-corrected chi connectivity index (χ2v) is 8.62. The number of benzene rings is 1. The lowest BCUT2D eigenvalue weighted by Gasteiger charge is -2.28. The van der Waals surface area contributed by atoms with Gasteiger partial charge in [0.2, 0.25) is 11.8 Å². The van der Waals surface area contributed by atoms with E-state index >= 15 is 0 Å². The Balaban J connectivity index is 1.56. The van der Waals surface area contributed by atoms with E-state index in [1.54, 1.807) is 37.6 Å². The Kier molecular flexibility index (Phi) is 6.09. The average Bonchev–Trinajstić information content (AvgIpc) is 3.25. The van der Waals surface area contributed by atoms with E-state index in [-0.39, 0.29) is 24.2 Å². The summed E-state index contributed by atoms with van der Waals surface area (Å²) in [5, 5.41) is 15.3. The molecule has 12 heteroatoms. The van der Waals surface area contributed by atoms with Gasteiger partial charge in [-0.2, -0.15) is 10.1 Å². The summed E-state index contributed by atoms with van der Waals surface area (Å²) < 4.78 is 29.6. The Bertz CT molecular complexity index is 1180. The van der Waals surface area contributed by atoms with Crippen LogP contribution in [0.1, 0.15) is 47.0 Å². The average molecular weight is 484 g/mol. The SMILES string of the molecule is Cc1nn(Cc2ccc(Cl)cc2Cl)c(C)c1NC(=O)c1nc2n(n1)[C@@H](C(F)F)C[C@@H](C)N2. The van der Waals surface area contributed by atoms with Crippen molar-refractivity contribution in [2.75, 3.05) is 10.6 Å². The fourth-order valence-electron chi connectivity index (χ4n) is 3.71. The molecule has 170 valence electrons. The van der Waals surface area contributed by atoms with Gasteiger partial charge in [-0.05, 0) is 44.9 Å². The first-order valence-corrected chi connectivity index (χ1v) is 10.7. The highest BCUT2D eigenvalue weighted by Crippen LogP contribution is 2.30. The summed E-state index contributed by atoms with van der Waals surface area (Å²) in [7, 11) is 0. The predicted molar refractivity (Wildman–Crippen MR) is 118 cm³/mol. The van der Waals surface area contributed by atoms with E-state index in [4.69, 9.17) is 23.2 Å². The number of halogens is 4. The Labute approximate surface area is 192 Å². The number of amides is 1. The summed E-state index contributed by atoms with van der Waals surface area (Å²) in [5.41, 5.74) is 2.60. The molecule has 0 unspecified atom stereocenters. The predicted octanol–water partition coefficient (Wildman–Crippen LogP) is 4.71. The summed E-state index contributed by atoms with van der Waals surface area (Å²) in [4.78, 5) is 16.9. The number of nitrogens with zero attached hydrogens (tertiary/aromatic N) is 5. The number of carbonyl (C=O) groups excluding carboxylic acids is 1. The molecule has 3 aromatic rings. The van der Waals surface area contributed by atoms with E-state index in [0.717, 1.165) is 10.2 Å². The lowest BCUT2D eigenvalue weighted by molar-refractivity contribution is 0.0662. The smallest absolute Gasteiger partial charge is 0.295 e. The first-order chi connectivity index (χ1) is 15.1. The van der Waals surface area contributed by atoms with Gasteiger partial charge in [-0.3, -0.25) is 9.48 Å². The first-order valence-electron chi connectivity index (χ1n) is 9.94. The standard InChI is InChI=1S/C20H21Cl2F2N7O/c1-9-6-15(17(23)24)31-20(25-9)27-18(29-31)19(32)26-16-10(2)28-30(11(16)3)8-12-4-5-13(21)7-14(12)22/h4-5,7,9,15,17H,6,8H2,1-3H3,(H,26,32)(H,25,27,29)/t9-,15-/m1/s1. The zero-order valence-corrected chi connectivity index (χ0v) is 19.0. The number of nitrogens with one attached hydrogen (secondary N) is 2. The van der Waals surface area contributed by atoms with E-state index < -0.39 is 18.4 Å². The molecular weight excluding hydrogens is 463 g/mol. The molecule has 0 aliphatic carbocycles. The van der Waals surface area contributed by atoms with E-state index in [9.17, 15) is 13.6 Å². The fourth-order valence-corrected chi connectivity index (χ4v) is 4.18. The van der Waals surface area contributed by atoms with Gasteiger partial charge in [-0.15, -0.1) is 5.10 Å². The third-order valence-electron chi connectivity index (χ3n) is 5.37. The molecule has 3 heterocycles. The third kappa shape index (κ3) is 4.29. The van der Waals surface area contributed by atoms with Crippen molar-refractivity contribution in [2.45, 2.75) is 52.2 Å². The van der Waals surface area contributed by atoms with Crippen LogP contribution >= 0.6 is 23.2 Å². The van der Waals surface area contributed by atoms with Gasteiger partial charge < -0.3 is 10.6 Å². The summed E-state index contributed by atoms with van der Waals surface area (Å²) >= 11 is 12.2. The second-order valence-electron chi connectivity index (χ2n) is 7.78. The zero-order valence-electron chi connectivity index (χ0n) is 17.5. The summed E-state index contributed by atoms with van der Waals surface area (Å²) in [6.07, 6.45) is -2.42. The minimum atomic E-state index is -2.61. The van der Waals surface area contributed by atoms with Crippen molar-refractivity contribution in [1.29, 1.82) is 0 Å². The zero-order chi connectivity index (χ0) is 23.2. The molecule has 4 rings (SSSR count). The third-order valence-corrected chi connectivity index (χ3v) is 5.95. The molecule has 0 radical (unpaired) electrons. The van der Waals surface area contributed by atoms with Crippen molar-refractivity contribution in [2.24, 2.45) is 0 Å². The molecule has 2 aromatic heterocycles. The number of carbonyl (C=O) groups is 1. The normalized spacial score (nSPS) is 17.9. The molecule has 32 heavy (non-hydrogen) atoms. The van der Waals surface area contributed by atoms with Crippen LogP contribution in [0.3, 0.4) is 0 Å². The van der Waals surface area contributed by atoms with E-state index in [1.165, 1.54) is 0 Å². The molecule has 1 amide bonds. The van der Waals surface area contributed by atoms with Gasteiger partial charge in [0.05, 0.1) is 23.6 Å². The largest absolute Gasteiger partial charge is 0.352 e. The van der Waals surface area contributed by atoms with Crippen molar-refractivity contribution < 1.29 is 13.6 Å². The minimum Gasteiger partial charge on any atom is -0.352 e. The molecule has 2 atom stereocenters. The van der Waals surface area contributed by atoms with Crippen LogP contribution in [0.25, 0.3) is 0 Å². The summed E-state index contributed by atoms with van der Waals surface area (Å²) in [6.45, 7) is 5.72. The number of aromatic nitrogens is 5.